The predicted molar refractivity (Wildman–Crippen MR) is 111 cm³/mol. The second-order valence-electron chi connectivity index (χ2n) is 7.39. The molecule has 1 aliphatic carbocycles. The summed E-state index contributed by atoms with van der Waals surface area (Å²) in [5, 5.41) is 20.3. The summed E-state index contributed by atoms with van der Waals surface area (Å²) < 4.78 is 1.97. The van der Waals surface area contributed by atoms with Gasteiger partial charge >= 0.3 is 0 Å². The number of nitrogens with one attached hydrogen (secondary N) is 1. The normalized spacial score (nSPS) is 18.3. The van der Waals surface area contributed by atoms with Crippen molar-refractivity contribution < 1.29 is 4.79 Å². The fourth-order valence-corrected chi connectivity index (χ4v) is 4.03. The van der Waals surface area contributed by atoms with E-state index < -0.39 is 0 Å². The molecule has 29 heavy (non-hydrogen) atoms. The third-order valence-electron chi connectivity index (χ3n) is 5.58. The van der Waals surface area contributed by atoms with Crippen LogP contribution in [-0.2, 0) is 4.79 Å². The van der Waals surface area contributed by atoms with Crippen LogP contribution in [0.3, 0.4) is 0 Å². The van der Waals surface area contributed by atoms with Gasteiger partial charge in [0.1, 0.15) is 0 Å². The Morgan fingerprint density at radius 1 is 1.10 bits per heavy atom. The summed E-state index contributed by atoms with van der Waals surface area (Å²) in [6.45, 7) is 2.61. The molecule has 0 saturated heterocycles. The molecule has 0 spiro atoms. The molecule has 0 aliphatic heterocycles. The molecule has 146 valence electrons. The van der Waals surface area contributed by atoms with Crippen LogP contribution >= 0.6 is 0 Å². The van der Waals surface area contributed by atoms with Crippen molar-refractivity contribution in [3.63, 3.8) is 0 Å². The van der Waals surface area contributed by atoms with E-state index in [1.54, 1.807) is 6.20 Å². The highest BCUT2D eigenvalue weighted by atomic mass is 16.1. The number of nitrogens with zero attached hydrogens (tertiary/aromatic N) is 4. The topological polar surface area (TPSA) is 83.6 Å². The molecule has 6 heteroatoms. The van der Waals surface area contributed by atoms with Gasteiger partial charge in [0.2, 0.25) is 5.91 Å². The summed E-state index contributed by atoms with van der Waals surface area (Å²) in [5.41, 5.74) is 4.84. The van der Waals surface area contributed by atoms with Crippen LogP contribution in [0.1, 0.15) is 37.8 Å². The van der Waals surface area contributed by atoms with Crippen molar-refractivity contribution in [2.45, 2.75) is 32.2 Å². The minimum Gasteiger partial charge on any atom is -0.356 e. The Balaban J connectivity index is 1.52. The minimum atomic E-state index is 0.0516. The quantitative estimate of drug-likeness (QED) is 0.720. The summed E-state index contributed by atoms with van der Waals surface area (Å²) in [5.74, 6) is 0.194. The Bertz CT molecular complexity index is 1030. The minimum absolute atomic E-state index is 0.0516. The van der Waals surface area contributed by atoms with Crippen molar-refractivity contribution in [3.05, 3.63) is 60.3 Å². The zero-order valence-corrected chi connectivity index (χ0v) is 16.4. The molecule has 2 atom stereocenters. The maximum absolute atomic E-state index is 12.2. The van der Waals surface area contributed by atoms with E-state index in [1.165, 1.54) is 0 Å². The van der Waals surface area contributed by atoms with Crippen LogP contribution in [0.15, 0.2) is 54.7 Å². The van der Waals surface area contributed by atoms with Gasteiger partial charge in [0.05, 0.1) is 29.6 Å². The lowest BCUT2D eigenvalue weighted by Crippen LogP contribution is -2.29. The van der Waals surface area contributed by atoms with Crippen LogP contribution in [0.5, 0.6) is 0 Å². The number of carbonyl (C=O) groups is 1. The lowest BCUT2D eigenvalue weighted by atomic mass is 10.0. The molecule has 2 aromatic carbocycles. The van der Waals surface area contributed by atoms with E-state index in [0.717, 1.165) is 41.6 Å². The molecular weight excluding hydrogens is 362 g/mol. The molecule has 1 heterocycles. The summed E-state index contributed by atoms with van der Waals surface area (Å²) in [7, 11) is 0. The number of benzene rings is 2. The number of carbonyl (C=O) groups excluding carboxylic acids is 1. The van der Waals surface area contributed by atoms with E-state index in [0.29, 0.717) is 12.1 Å². The molecule has 1 aliphatic rings. The maximum atomic E-state index is 12.2. The van der Waals surface area contributed by atoms with Gasteiger partial charge in [-0.15, -0.1) is 5.10 Å². The van der Waals surface area contributed by atoms with Crippen molar-refractivity contribution in [1.82, 2.24) is 20.3 Å². The molecule has 1 unspecified atom stereocenters. The van der Waals surface area contributed by atoms with Crippen molar-refractivity contribution in [2.75, 3.05) is 6.54 Å². The van der Waals surface area contributed by atoms with Gasteiger partial charge in [-0.25, -0.2) is 4.68 Å². The highest BCUT2D eigenvalue weighted by Crippen LogP contribution is 2.37. The summed E-state index contributed by atoms with van der Waals surface area (Å²) in [4.78, 5) is 12.2. The highest BCUT2D eigenvalue weighted by molar-refractivity contribution is 5.79. The predicted octanol–water partition coefficient (Wildman–Crippen LogP) is 3.96. The summed E-state index contributed by atoms with van der Waals surface area (Å²) >= 11 is 0. The Kier molecular flexibility index (Phi) is 5.39. The molecular formula is C23H23N5O. The van der Waals surface area contributed by atoms with Crippen molar-refractivity contribution in [3.8, 4) is 28.5 Å². The Labute approximate surface area is 170 Å². The number of hydrogen-bond acceptors (Lipinski definition) is 4. The zero-order valence-electron chi connectivity index (χ0n) is 16.4. The third kappa shape index (κ3) is 3.90. The first kappa shape index (κ1) is 18.9. The fourth-order valence-electron chi connectivity index (χ4n) is 4.03. The zero-order chi connectivity index (χ0) is 20.2. The number of hydrogen-bond donors (Lipinski definition) is 1. The van der Waals surface area contributed by atoms with Gasteiger partial charge in [-0.1, -0.05) is 41.6 Å². The van der Waals surface area contributed by atoms with E-state index >= 15 is 0 Å². The van der Waals surface area contributed by atoms with E-state index in [4.69, 9.17) is 5.26 Å². The number of amides is 1. The largest absolute Gasteiger partial charge is 0.356 e. The monoisotopic (exact) mass is 385 g/mol. The molecule has 1 amide bonds. The van der Waals surface area contributed by atoms with Crippen LogP contribution in [-0.4, -0.2) is 27.4 Å². The van der Waals surface area contributed by atoms with E-state index in [1.807, 2.05) is 35.9 Å². The van der Waals surface area contributed by atoms with Gasteiger partial charge in [-0.2, -0.15) is 5.26 Å². The van der Waals surface area contributed by atoms with Crippen molar-refractivity contribution in [2.24, 2.45) is 5.92 Å². The average molecular weight is 385 g/mol. The standard InChI is InChI=1S/C23H23N5O/c1-2-25-23(29)20-11-12-21(13-20)28-22(15-26-27-28)19-9-7-18(8-10-19)17-5-3-16(14-24)4-6-17/h3-10,15,20-21H,2,11-13H2,1H3,(H,25,29)/t20?,21-/m1/s1. The van der Waals surface area contributed by atoms with Crippen LogP contribution < -0.4 is 5.32 Å². The molecule has 4 rings (SSSR count). The van der Waals surface area contributed by atoms with Gasteiger partial charge < -0.3 is 5.32 Å². The molecule has 3 aromatic rings. The van der Waals surface area contributed by atoms with Crippen LogP contribution in [0.2, 0.25) is 0 Å². The molecule has 1 N–H and O–H groups in total. The lowest BCUT2D eigenvalue weighted by Gasteiger charge is -2.14. The third-order valence-corrected chi connectivity index (χ3v) is 5.58. The van der Waals surface area contributed by atoms with E-state index in [9.17, 15) is 4.79 Å². The van der Waals surface area contributed by atoms with Gasteiger partial charge in [-0.3, -0.25) is 4.79 Å². The van der Waals surface area contributed by atoms with Crippen LogP contribution in [0.4, 0.5) is 0 Å². The molecule has 6 nitrogen and oxygen atoms in total. The Morgan fingerprint density at radius 3 is 2.41 bits per heavy atom. The van der Waals surface area contributed by atoms with Crippen LogP contribution in [0.25, 0.3) is 22.4 Å². The number of aromatic nitrogens is 3. The lowest BCUT2D eigenvalue weighted by molar-refractivity contribution is -0.124. The molecule has 0 bridgehead atoms. The van der Waals surface area contributed by atoms with Crippen molar-refractivity contribution >= 4 is 5.91 Å². The Hall–Kier alpha value is -3.46. The first-order chi connectivity index (χ1) is 14.2. The molecule has 1 fully saturated rings. The second kappa shape index (κ2) is 8.27. The summed E-state index contributed by atoms with van der Waals surface area (Å²) in [6, 6.07) is 18.2. The highest BCUT2D eigenvalue weighted by Gasteiger charge is 2.32. The smallest absolute Gasteiger partial charge is 0.223 e. The van der Waals surface area contributed by atoms with Gasteiger partial charge in [0, 0.05) is 18.0 Å². The molecule has 0 radical (unpaired) electrons. The van der Waals surface area contributed by atoms with E-state index in [2.05, 4.69) is 46.0 Å². The Morgan fingerprint density at radius 2 is 1.76 bits per heavy atom. The SMILES string of the molecule is CCNC(=O)C1CC[C@@H](n2nncc2-c2ccc(-c3ccc(C#N)cc3)cc2)C1. The molecule has 1 saturated carbocycles. The average Bonchev–Trinajstić information content (AvgIpc) is 3.44. The fraction of sp³-hybridized carbons (Fsp3) is 0.304. The van der Waals surface area contributed by atoms with E-state index in [-0.39, 0.29) is 17.9 Å². The maximum Gasteiger partial charge on any atom is 0.223 e. The first-order valence-electron chi connectivity index (χ1n) is 9.98. The second-order valence-corrected chi connectivity index (χ2v) is 7.39. The number of nitriles is 1. The number of rotatable bonds is 5. The van der Waals surface area contributed by atoms with Gasteiger partial charge in [0.25, 0.3) is 0 Å². The molecule has 1 aromatic heterocycles. The van der Waals surface area contributed by atoms with Gasteiger partial charge in [-0.05, 0) is 49.4 Å². The summed E-state index contributed by atoms with van der Waals surface area (Å²) in [6.07, 6.45) is 4.40. The van der Waals surface area contributed by atoms with Gasteiger partial charge in [0.15, 0.2) is 0 Å². The van der Waals surface area contributed by atoms with Crippen molar-refractivity contribution in [1.29, 1.82) is 5.26 Å². The first-order valence-corrected chi connectivity index (χ1v) is 9.98. The van der Waals surface area contributed by atoms with Crippen LogP contribution in [0, 0.1) is 17.2 Å².